The molecule has 0 aliphatic carbocycles. The van der Waals surface area contributed by atoms with Crippen LogP contribution in [0.5, 0.6) is 0 Å². The minimum atomic E-state index is -0.384. The highest BCUT2D eigenvalue weighted by Crippen LogP contribution is 2.16. The summed E-state index contributed by atoms with van der Waals surface area (Å²) in [6, 6.07) is 5.42. The van der Waals surface area contributed by atoms with Crippen LogP contribution in [-0.2, 0) is 11.3 Å². The molecule has 2 heterocycles. The van der Waals surface area contributed by atoms with Gasteiger partial charge in [0, 0.05) is 13.1 Å². The lowest BCUT2D eigenvalue weighted by atomic mass is 10.1. The normalized spacial score (nSPS) is 25.2. The molecule has 1 saturated heterocycles. The van der Waals surface area contributed by atoms with Crippen molar-refractivity contribution < 1.29 is 9.21 Å². The van der Waals surface area contributed by atoms with Crippen molar-refractivity contribution in [1.82, 2.24) is 10.2 Å². The molecule has 1 amide bonds. The third kappa shape index (κ3) is 2.90. The monoisotopic (exact) mass is 247 g/mol. The molecule has 0 saturated carbocycles. The van der Waals surface area contributed by atoms with Crippen LogP contribution in [0.25, 0.3) is 0 Å². The minimum Gasteiger partial charge on any atom is -0.468 e. The van der Waals surface area contributed by atoms with Gasteiger partial charge in [-0.2, -0.15) is 5.26 Å². The molecule has 0 aromatic carbocycles. The number of amides is 1. The van der Waals surface area contributed by atoms with E-state index in [1.807, 2.05) is 17.0 Å². The van der Waals surface area contributed by atoms with Gasteiger partial charge in [-0.3, -0.25) is 9.69 Å². The number of furan rings is 1. The van der Waals surface area contributed by atoms with Gasteiger partial charge in [0.1, 0.15) is 11.8 Å². The van der Waals surface area contributed by atoms with Gasteiger partial charge in [-0.05, 0) is 18.1 Å². The summed E-state index contributed by atoms with van der Waals surface area (Å²) < 4.78 is 5.32. The van der Waals surface area contributed by atoms with Gasteiger partial charge in [0.25, 0.3) is 0 Å². The first-order chi connectivity index (χ1) is 8.70. The van der Waals surface area contributed by atoms with Gasteiger partial charge in [0.15, 0.2) is 0 Å². The Morgan fingerprint density at radius 3 is 3.17 bits per heavy atom. The van der Waals surface area contributed by atoms with Crippen molar-refractivity contribution >= 4 is 5.91 Å². The number of nitrogens with zero attached hydrogens (tertiary/aromatic N) is 2. The summed E-state index contributed by atoms with van der Waals surface area (Å²) in [5, 5.41) is 11.7. The average Bonchev–Trinajstić information content (AvgIpc) is 2.80. The minimum absolute atomic E-state index is 0.0625. The second-order valence-electron chi connectivity index (χ2n) is 4.74. The molecule has 2 atom stereocenters. The Balaban J connectivity index is 2.15. The van der Waals surface area contributed by atoms with E-state index in [9.17, 15) is 4.79 Å². The zero-order valence-corrected chi connectivity index (χ0v) is 10.4. The summed E-state index contributed by atoms with van der Waals surface area (Å²) in [6.45, 7) is 4.10. The number of nitriles is 1. The Morgan fingerprint density at radius 1 is 1.67 bits per heavy atom. The first-order valence-electron chi connectivity index (χ1n) is 6.11. The molecule has 0 radical (unpaired) electrons. The van der Waals surface area contributed by atoms with Crippen LogP contribution < -0.4 is 5.32 Å². The highest BCUT2D eigenvalue weighted by atomic mass is 16.3. The molecule has 1 aliphatic heterocycles. The molecule has 1 aromatic rings. The van der Waals surface area contributed by atoms with Crippen molar-refractivity contribution in [2.75, 3.05) is 13.1 Å². The maximum absolute atomic E-state index is 12.0. The van der Waals surface area contributed by atoms with E-state index >= 15 is 0 Å². The second-order valence-corrected chi connectivity index (χ2v) is 4.74. The largest absolute Gasteiger partial charge is 0.468 e. The van der Waals surface area contributed by atoms with Crippen molar-refractivity contribution in [2.24, 2.45) is 5.92 Å². The van der Waals surface area contributed by atoms with E-state index in [1.165, 1.54) is 0 Å². The fourth-order valence-corrected chi connectivity index (χ4v) is 2.24. The van der Waals surface area contributed by atoms with Crippen LogP contribution in [0, 0.1) is 17.2 Å². The fourth-order valence-electron chi connectivity index (χ4n) is 2.24. The first kappa shape index (κ1) is 12.7. The Kier molecular flexibility index (Phi) is 4.00. The lowest BCUT2D eigenvalue weighted by Crippen LogP contribution is -2.43. The summed E-state index contributed by atoms with van der Waals surface area (Å²) in [5.41, 5.74) is 0. The predicted octanol–water partition coefficient (Wildman–Crippen LogP) is 1.13. The number of carbonyl (C=O) groups is 1. The molecule has 96 valence electrons. The fraction of sp³-hybridized carbons (Fsp3) is 0.538. The molecule has 0 bridgehead atoms. The molecule has 2 unspecified atom stereocenters. The Bertz CT molecular complexity index is 436. The number of rotatable bonds is 3. The van der Waals surface area contributed by atoms with Crippen LogP contribution in [0.1, 0.15) is 19.1 Å². The quantitative estimate of drug-likeness (QED) is 0.869. The van der Waals surface area contributed by atoms with E-state index < -0.39 is 0 Å². The predicted molar refractivity (Wildman–Crippen MR) is 65.3 cm³/mol. The van der Waals surface area contributed by atoms with Gasteiger partial charge >= 0.3 is 0 Å². The van der Waals surface area contributed by atoms with Crippen LogP contribution in [-0.4, -0.2) is 29.9 Å². The molecule has 5 heteroatoms. The number of hydrogen-bond acceptors (Lipinski definition) is 4. The van der Waals surface area contributed by atoms with E-state index in [0.717, 1.165) is 12.3 Å². The topological polar surface area (TPSA) is 69.3 Å². The zero-order chi connectivity index (χ0) is 13.0. The van der Waals surface area contributed by atoms with Gasteiger partial charge < -0.3 is 9.73 Å². The lowest BCUT2D eigenvalue weighted by Gasteiger charge is -2.26. The van der Waals surface area contributed by atoms with Gasteiger partial charge in [0.2, 0.25) is 5.91 Å². The molecular weight excluding hydrogens is 230 g/mol. The van der Waals surface area contributed by atoms with E-state index in [-0.39, 0.29) is 18.4 Å². The Hall–Kier alpha value is -1.80. The van der Waals surface area contributed by atoms with Crippen molar-refractivity contribution in [2.45, 2.75) is 25.9 Å². The Labute approximate surface area is 106 Å². The molecular formula is C13H17N3O2. The first-order valence-corrected chi connectivity index (χ1v) is 6.11. The highest BCUT2D eigenvalue weighted by molar-refractivity contribution is 5.82. The van der Waals surface area contributed by atoms with E-state index in [4.69, 9.17) is 9.68 Å². The van der Waals surface area contributed by atoms with E-state index in [2.05, 4.69) is 18.3 Å². The molecule has 2 rings (SSSR count). The third-order valence-corrected chi connectivity index (χ3v) is 3.14. The van der Waals surface area contributed by atoms with Gasteiger partial charge in [-0.25, -0.2) is 0 Å². The van der Waals surface area contributed by atoms with Crippen LogP contribution in [0.2, 0.25) is 0 Å². The SMILES string of the molecule is CC1CNC(=O)C(CC#N)N(Cc2ccco2)C1. The van der Waals surface area contributed by atoms with Crippen molar-refractivity contribution in [1.29, 1.82) is 5.26 Å². The van der Waals surface area contributed by atoms with Crippen molar-refractivity contribution in [3.05, 3.63) is 24.2 Å². The summed E-state index contributed by atoms with van der Waals surface area (Å²) in [6.07, 6.45) is 1.83. The number of hydrogen-bond donors (Lipinski definition) is 1. The van der Waals surface area contributed by atoms with E-state index in [1.54, 1.807) is 6.26 Å². The molecule has 5 nitrogen and oxygen atoms in total. The van der Waals surface area contributed by atoms with Crippen LogP contribution in [0.15, 0.2) is 22.8 Å². The summed E-state index contributed by atoms with van der Waals surface area (Å²) >= 11 is 0. The maximum Gasteiger partial charge on any atom is 0.238 e. The molecule has 1 fully saturated rings. The van der Waals surface area contributed by atoms with E-state index in [0.29, 0.717) is 19.0 Å². The lowest BCUT2D eigenvalue weighted by molar-refractivity contribution is -0.125. The Morgan fingerprint density at radius 2 is 2.50 bits per heavy atom. The average molecular weight is 247 g/mol. The van der Waals surface area contributed by atoms with Gasteiger partial charge in [-0.1, -0.05) is 6.92 Å². The second kappa shape index (κ2) is 5.69. The summed E-state index contributed by atoms with van der Waals surface area (Å²) in [7, 11) is 0. The maximum atomic E-state index is 12.0. The van der Waals surface area contributed by atoms with Gasteiger partial charge in [-0.15, -0.1) is 0 Å². The smallest absolute Gasteiger partial charge is 0.238 e. The summed E-state index contributed by atoms with van der Waals surface area (Å²) in [4.78, 5) is 14.0. The number of carbonyl (C=O) groups excluding carboxylic acids is 1. The molecule has 1 N–H and O–H groups in total. The van der Waals surface area contributed by atoms with Crippen molar-refractivity contribution in [3.63, 3.8) is 0 Å². The molecule has 0 spiro atoms. The molecule has 1 aromatic heterocycles. The van der Waals surface area contributed by atoms with Gasteiger partial charge in [0.05, 0.1) is 25.3 Å². The molecule has 1 aliphatic rings. The highest BCUT2D eigenvalue weighted by Gasteiger charge is 2.30. The standard InChI is InChI=1S/C13H17N3O2/c1-10-7-15-13(17)12(4-5-14)16(8-10)9-11-3-2-6-18-11/h2-3,6,10,12H,4,7-9H2,1H3,(H,15,17). The van der Waals surface area contributed by atoms with Crippen molar-refractivity contribution in [3.8, 4) is 6.07 Å². The number of nitrogens with one attached hydrogen (secondary N) is 1. The van der Waals surface area contributed by atoms with Crippen LogP contribution in [0.3, 0.4) is 0 Å². The van der Waals surface area contributed by atoms with Crippen LogP contribution >= 0.6 is 0 Å². The third-order valence-electron chi connectivity index (χ3n) is 3.14. The molecule has 18 heavy (non-hydrogen) atoms. The van der Waals surface area contributed by atoms with Crippen LogP contribution in [0.4, 0.5) is 0 Å². The summed E-state index contributed by atoms with van der Waals surface area (Å²) in [5.74, 6) is 1.12. The zero-order valence-electron chi connectivity index (χ0n) is 10.4.